The van der Waals surface area contributed by atoms with Gasteiger partial charge in [0.15, 0.2) is 0 Å². The molecule has 0 N–H and O–H groups in total. The lowest BCUT2D eigenvalue weighted by Crippen LogP contribution is -2.07. The highest BCUT2D eigenvalue weighted by molar-refractivity contribution is 7.85. The van der Waals surface area contributed by atoms with Crippen LogP contribution in [-0.2, 0) is 28.6 Å². The van der Waals surface area contributed by atoms with Gasteiger partial charge in [0.1, 0.15) is 12.4 Å². The van der Waals surface area contributed by atoms with Gasteiger partial charge in [-0.1, -0.05) is 78.9 Å². The maximum Gasteiger partial charge on any atom is 0.120 e. The topological polar surface area (TPSA) is 35.5 Å². The molecule has 0 saturated heterocycles. The highest BCUT2D eigenvalue weighted by Gasteiger charge is 2.22. The number of ether oxygens (including phenoxy) is 2. The summed E-state index contributed by atoms with van der Waals surface area (Å²) in [6.07, 6.45) is 5.15. The Bertz CT molecular complexity index is 1440. The van der Waals surface area contributed by atoms with Crippen molar-refractivity contribution in [2.75, 3.05) is 12.9 Å². The summed E-state index contributed by atoms with van der Waals surface area (Å²) in [5, 5.41) is 0. The quantitative estimate of drug-likeness (QED) is 0.166. The van der Waals surface area contributed by atoms with E-state index in [9.17, 15) is 4.21 Å². The number of aryl methyl sites for hydroxylation is 1. The molecule has 2 atom stereocenters. The van der Waals surface area contributed by atoms with E-state index in [2.05, 4.69) is 79.7 Å². The third kappa shape index (κ3) is 6.99. The molecule has 40 heavy (non-hydrogen) atoms. The van der Waals surface area contributed by atoms with Crippen LogP contribution in [0.2, 0.25) is 0 Å². The third-order valence-electron chi connectivity index (χ3n) is 7.66. The molecule has 5 rings (SSSR count). The van der Waals surface area contributed by atoms with Crippen LogP contribution in [0.4, 0.5) is 0 Å². The van der Waals surface area contributed by atoms with Crippen LogP contribution in [-0.4, -0.2) is 23.2 Å². The highest BCUT2D eigenvalue weighted by Crippen LogP contribution is 2.42. The van der Waals surface area contributed by atoms with Gasteiger partial charge in [0.05, 0.1) is 16.9 Å². The largest absolute Gasteiger partial charge is 0.489 e. The summed E-state index contributed by atoms with van der Waals surface area (Å²) in [6, 6.07) is 35.8. The molecule has 0 spiro atoms. The van der Waals surface area contributed by atoms with Gasteiger partial charge in [-0.05, 0) is 102 Å². The second kappa shape index (κ2) is 13.7. The molecule has 0 radical (unpaired) electrons. The first kappa shape index (κ1) is 28.1. The minimum absolute atomic E-state index is 0.254. The van der Waals surface area contributed by atoms with E-state index in [1.54, 1.807) is 7.11 Å². The molecule has 4 heteroatoms. The van der Waals surface area contributed by atoms with Gasteiger partial charge in [-0.2, -0.15) is 0 Å². The van der Waals surface area contributed by atoms with Crippen LogP contribution in [0.5, 0.6) is 5.75 Å². The standard InChI is InChI=1S/C36H38O3S/c1-27(38-2)11-9-10-24-40(37)33-20-16-30(17-21-33)36-34(29-14-7-4-8-15-29)22-18-31-25-32(19-23-35(31)36)39-26-28-12-5-3-6-13-28/h3-8,12-17,19-21,23,25,27H,9-11,18,22,24,26H2,1-2H3. The van der Waals surface area contributed by atoms with Crippen molar-refractivity contribution in [2.24, 2.45) is 0 Å². The van der Waals surface area contributed by atoms with Gasteiger partial charge in [0.25, 0.3) is 0 Å². The third-order valence-corrected chi connectivity index (χ3v) is 9.12. The Kier molecular flexibility index (Phi) is 9.64. The molecule has 4 aromatic carbocycles. The molecular formula is C36H38O3S. The van der Waals surface area contributed by atoms with E-state index in [-0.39, 0.29) is 6.10 Å². The molecule has 0 heterocycles. The Morgan fingerprint density at radius 2 is 1.52 bits per heavy atom. The van der Waals surface area contributed by atoms with Gasteiger partial charge in [-0.3, -0.25) is 4.21 Å². The predicted octanol–water partition coefficient (Wildman–Crippen LogP) is 8.48. The summed E-state index contributed by atoms with van der Waals surface area (Å²) < 4.78 is 24.5. The lowest BCUT2D eigenvalue weighted by molar-refractivity contribution is 0.109. The fourth-order valence-corrected chi connectivity index (χ4v) is 6.47. The Balaban J connectivity index is 1.39. The first-order chi connectivity index (χ1) is 19.6. The molecule has 206 valence electrons. The zero-order valence-electron chi connectivity index (χ0n) is 23.5. The van der Waals surface area contributed by atoms with Gasteiger partial charge in [0, 0.05) is 17.8 Å². The van der Waals surface area contributed by atoms with Crippen molar-refractivity contribution >= 4 is 21.9 Å². The smallest absolute Gasteiger partial charge is 0.120 e. The summed E-state index contributed by atoms with van der Waals surface area (Å²) in [7, 11) is 0.745. The van der Waals surface area contributed by atoms with E-state index in [4.69, 9.17) is 9.47 Å². The average molecular weight is 551 g/mol. The van der Waals surface area contributed by atoms with E-state index in [0.717, 1.165) is 53.9 Å². The van der Waals surface area contributed by atoms with E-state index in [1.807, 2.05) is 30.3 Å². The summed E-state index contributed by atoms with van der Waals surface area (Å²) in [5.41, 5.74) is 8.74. The van der Waals surface area contributed by atoms with Gasteiger partial charge < -0.3 is 9.47 Å². The molecule has 0 amide bonds. The fourth-order valence-electron chi connectivity index (χ4n) is 5.33. The Morgan fingerprint density at radius 3 is 2.25 bits per heavy atom. The van der Waals surface area contributed by atoms with Crippen LogP contribution in [0.1, 0.15) is 60.4 Å². The predicted molar refractivity (Wildman–Crippen MR) is 166 cm³/mol. The van der Waals surface area contributed by atoms with Crippen molar-refractivity contribution in [2.45, 2.75) is 56.6 Å². The molecule has 0 saturated carbocycles. The van der Waals surface area contributed by atoms with Crippen LogP contribution in [0.15, 0.2) is 108 Å². The maximum atomic E-state index is 13.0. The summed E-state index contributed by atoms with van der Waals surface area (Å²) in [6.45, 7) is 2.64. The number of fused-ring (bicyclic) bond motifs is 1. The molecule has 1 aliphatic carbocycles. The number of benzene rings is 4. The average Bonchev–Trinajstić information content (AvgIpc) is 3.02. The lowest BCUT2D eigenvalue weighted by atomic mass is 9.79. The number of hydrogen-bond donors (Lipinski definition) is 0. The number of allylic oxidation sites excluding steroid dienone is 1. The lowest BCUT2D eigenvalue weighted by Gasteiger charge is -2.25. The molecule has 0 aliphatic heterocycles. The van der Waals surface area contributed by atoms with Crippen molar-refractivity contribution < 1.29 is 13.7 Å². The maximum absolute atomic E-state index is 13.0. The summed E-state index contributed by atoms with van der Waals surface area (Å²) in [5.74, 6) is 1.58. The molecule has 0 fully saturated rings. The molecular weight excluding hydrogens is 512 g/mol. The van der Waals surface area contributed by atoms with E-state index < -0.39 is 10.8 Å². The number of methoxy groups -OCH3 is 1. The summed E-state index contributed by atoms with van der Waals surface area (Å²) in [4.78, 5) is 0.895. The van der Waals surface area contributed by atoms with Crippen molar-refractivity contribution in [3.05, 3.63) is 131 Å². The second-order valence-electron chi connectivity index (χ2n) is 10.4. The number of hydrogen-bond acceptors (Lipinski definition) is 3. The Labute approximate surface area is 241 Å². The molecule has 1 aliphatic rings. The summed E-state index contributed by atoms with van der Waals surface area (Å²) >= 11 is 0. The monoisotopic (exact) mass is 550 g/mol. The SMILES string of the molecule is COC(C)CCCCS(=O)c1ccc(C2=C(c3ccccc3)CCc3cc(OCc4ccccc4)ccc32)cc1. The first-order valence-corrected chi connectivity index (χ1v) is 15.5. The Morgan fingerprint density at radius 1 is 0.800 bits per heavy atom. The number of unbranched alkanes of at least 4 members (excludes halogenated alkanes) is 1. The highest BCUT2D eigenvalue weighted by atomic mass is 32.2. The van der Waals surface area contributed by atoms with Crippen molar-refractivity contribution in [3.8, 4) is 5.75 Å². The first-order valence-electron chi connectivity index (χ1n) is 14.2. The molecule has 0 aromatic heterocycles. The van der Waals surface area contributed by atoms with Crippen LogP contribution in [0, 0.1) is 0 Å². The van der Waals surface area contributed by atoms with E-state index in [0.29, 0.717) is 12.4 Å². The molecule has 4 aromatic rings. The van der Waals surface area contributed by atoms with Crippen molar-refractivity contribution in [3.63, 3.8) is 0 Å². The van der Waals surface area contributed by atoms with E-state index >= 15 is 0 Å². The van der Waals surface area contributed by atoms with Gasteiger partial charge in [-0.15, -0.1) is 0 Å². The van der Waals surface area contributed by atoms with Crippen molar-refractivity contribution in [1.82, 2.24) is 0 Å². The van der Waals surface area contributed by atoms with Crippen molar-refractivity contribution in [1.29, 1.82) is 0 Å². The fraction of sp³-hybridized carbons (Fsp3) is 0.278. The van der Waals surface area contributed by atoms with E-state index in [1.165, 1.54) is 27.8 Å². The zero-order valence-corrected chi connectivity index (χ0v) is 24.3. The van der Waals surface area contributed by atoms with Crippen LogP contribution in [0.25, 0.3) is 11.1 Å². The van der Waals surface area contributed by atoms with Gasteiger partial charge in [-0.25, -0.2) is 0 Å². The van der Waals surface area contributed by atoms with Gasteiger partial charge >= 0.3 is 0 Å². The van der Waals surface area contributed by atoms with Crippen LogP contribution < -0.4 is 4.74 Å². The van der Waals surface area contributed by atoms with Crippen LogP contribution >= 0.6 is 0 Å². The minimum Gasteiger partial charge on any atom is -0.489 e. The van der Waals surface area contributed by atoms with Gasteiger partial charge in [0.2, 0.25) is 0 Å². The normalized spacial score (nSPS) is 14.4. The second-order valence-corrected chi connectivity index (χ2v) is 12.0. The Hall–Kier alpha value is -3.47. The minimum atomic E-state index is -0.998. The molecule has 3 nitrogen and oxygen atoms in total. The zero-order chi connectivity index (χ0) is 27.7. The van der Waals surface area contributed by atoms with Crippen LogP contribution in [0.3, 0.4) is 0 Å². The number of rotatable bonds is 12. The molecule has 0 bridgehead atoms. The molecule has 2 unspecified atom stereocenters.